The smallest absolute Gasteiger partial charge is 0.306 e. The van der Waals surface area contributed by atoms with E-state index < -0.39 is 6.10 Å². The monoisotopic (exact) mass is 765 g/mol. The van der Waals surface area contributed by atoms with Crippen LogP contribution in [0, 0.1) is 0 Å². The highest BCUT2D eigenvalue weighted by molar-refractivity contribution is 5.71. The summed E-state index contributed by atoms with van der Waals surface area (Å²) in [6.07, 6.45) is 45.1. The van der Waals surface area contributed by atoms with Crippen molar-refractivity contribution in [3.8, 4) is 0 Å². The number of esters is 3. The Balaban J connectivity index is 4.31. The highest BCUT2D eigenvalue weighted by Crippen LogP contribution is 2.16. The number of rotatable bonds is 44. The van der Waals surface area contributed by atoms with Crippen LogP contribution in [0.5, 0.6) is 0 Å². The largest absolute Gasteiger partial charge is 0.462 e. The van der Waals surface area contributed by atoms with Crippen molar-refractivity contribution in [3.05, 3.63) is 0 Å². The third-order valence-electron chi connectivity index (χ3n) is 10.9. The average Bonchev–Trinajstić information content (AvgIpc) is 3.17. The molecular formula is C48H92O6. The molecule has 320 valence electrons. The van der Waals surface area contributed by atoms with Crippen molar-refractivity contribution >= 4 is 17.9 Å². The Morgan fingerprint density at radius 2 is 0.500 bits per heavy atom. The van der Waals surface area contributed by atoms with Crippen molar-refractivity contribution in [2.75, 3.05) is 13.2 Å². The Bertz CT molecular complexity index is 798. The maximum Gasteiger partial charge on any atom is 0.306 e. The summed E-state index contributed by atoms with van der Waals surface area (Å²) < 4.78 is 16.7. The van der Waals surface area contributed by atoms with Crippen LogP contribution >= 0.6 is 0 Å². The van der Waals surface area contributed by atoms with E-state index in [1.807, 2.05) is 0 Å². The van der Waals surface area contributed by atoms with Gasteiger partial charge in [0, 0.05) is 19.3 Å². The van der Waals surface area contributed by atoms with Crippen LogP contribution in [-0.4, -0.2) is 37.2 Å². The normalized spacial score (nSPS) is 11.8. The van der Waals surface area contributed by atoms with Crippen LogP contribution in [0.4, 0.5) is 0 Å². The fourth-order valence-corrected chi connectivity index (χ4v) is 7.21. The lowest BCUT2D eigenvalue weighted by molar-refractivity contribution is -0.167. The third-order valence-corrected chi connectivity index (χ3v) is 10.9. The molecule has 0 aromatic rings. The number of unbranched alkanes of at least 4 members (excludes halogenated alkanes) is 33. The maximum atomic E-state index is 12.7. The van der Waals surface area contributed by atoms with Gasteiger partial charge >= 0.3 is 17.9 Å². The second-order valence-corrected chi connectivity index (χ2v) is 16.4. The lowest BCUT2D eigenvalue weighted by Gasteiger charge is -2.18. The van der Waals surface area contributed by atoms with Gasteiger partial charge in [-0.25, -0.2) is 0 Å². The summed E-state index contributed by atoms with van der Waals surface area (Å²) in [5.41, 5.74) is 0. The Labute approximate surface area is 336 Å². The molecule has 0 heterocycles. The summed E-state index contributed by atoms with van der Waals surface area (Å²) in [6.45, 7) is 6.65. The van der Waals surface area contributed by atoms with Gasteiger partial charge in [-0.2, -0.15) is 0 Å². The molecule has 0 saturated carbocycles. The predicted octanol–water partition coefficient (Wildman–Crippen LogP) is 15.3. The summed E-state index contributed by atoms with van der Waals surface area (Å²) in [6, 6.07) is 0. The number of ether oxygens (including phenoxy) is 3. The first-order chi connectivity index (χ1) is 26.5. The first-order valence-corrected chi connectivity index (χ1v) is 24.0. The molecule has 1 atom stereocenters. The minimum absolute atomic E-state index is 0.0623. The van der Waals surface area contributed by atoms with Gasteiger partial charge in [0.05, 0.1) is 0 Å². The molecule has 0 aliphatic rings. The number of hydrogen-bond donors (Lipinski definition) is 0. The van der Waals surface area contributed by atoms with E-state index in [-0.39, 0.29) is 31.1 Å². The molecule has 0 spiro atoms. The molecule has 0 aromatic carbocycles. The number of carbonyl (C=O) groups is 3. The Morgan fingerprint density at radius 1 is 0.296 bits per heavy atom. The molecule has 0 aliphatic heterocycles. The second-order valence-electron chi connectivity index (χ2n) is 16.4. The Hall–Kier alpha value is -1.59. The molecule has 6 heteroatoms. The molecule has 0 amide bonds. The minimum Gasteiger partial charge on any atom is -0.462 e. The molecular weight excluding hydrogens is 673 g/mol. The van der Waals surface area contributed by atoms with Crippen LogP contribution in [0.2, 0.25) is 0 Å². The van der Waals surface area contributed by atoms with E-state index >= 15 is 0 Å². The molecule has 54 heavy (non-hydrogen) atoms. The lowest BCUT2D eigenvalue weighted by atomic mass is 10.0. The second kappa shape index (κ2) is 44.1. The molecule has 0 bridgehead atoms. The molecule has 6 nitrogen and oxygen atoms in total. The van der Waals surface area contributed by atoms with E-state index in [0.29, 0.717) is 19.3 Å². The fraction of sp³-hybridized carbons (Fsp3) is 0.938. The van der Waals surface area contributed by atoms with E-state index in [4.69, 9.17) is 14.2 Å². The van der Waals surface area contributed by atoms with E-state index in [1.54, 1.807) is 0 Å². The lowest BCUT2D eigenvalue weighted by Crippen LogP contribution is -2.30. The highest BCUT2D eigenvalue weighted by atomic mass is 16.6. The quantitative estimate of drug-likeness (QED) is 0.0349. The average molecular weight is 765 g/mol. The van der Waals surface area contributed by atoms with E-state index in [2.05, 4.69) is 20.8 Å². The Kier molecular flexibility index (Phi) is 42.8. The third kappa shape index (κ3) is 41.6. The topological polar surface area (TPSA) is 78.9 Å². The van der Waals surface area contributed by atoms with Gasteiger partial charge in [-0.15, -0.1) is 0 Å². The van der Waals surface area contributed by atoms with Gasteiger partial charge in [0.2, 0.25) is 0 Å². The molecule has 0 unspecified atom stereocenters. The molecule has 0 rings (SSSR count). The van der Waals surface area contributed by atoms with Crippen LogP contribution in [0.25, 0.3) is 0 Å². The van der Waals surface area contributed by atoms with Crippen molar-refractivity contribution in [2.24, 2.45) is 0 Å². The van der Waals surface area contributed by atoms with Gasteiger partial charge in [0.25, 0.3) is 0 Å². The van der Waals surface area contributed by atoms with Crippen molar-refractivity contribution in [3.63, 3.8) is 0 Å². The van der Waals surface area contributed by atoms with Crippen molar-refractivity contribution in [1.29, 1.82) is 0 Å². The van der Waals surface area contributed by atoms with E-state index in [1.165, 1.54) is 173 Å². The van der Waals surface area contributed by atoms with Gasteiger partial charge in [0.1, 0.15) is 13.2 Å². The van der Waals surface area contributed by atoms with Gasteiger partial charge in [-0.1, -0.05) is 233 Å². The number of carbonyl (C=O) groups excluding carboxylic acids is 3. The van der Waals surface area contributed by atoms with Gasteiger partial charge in [-0.3, -0.25) is 14.4 Å². The summed E-state index contributed by atoms with van der Waals surface area (Å²) >= 11 is 0. The van der Waals surface area contributed by atoms with Gasteiger partial charge in [0.15, 0.2) is 6.10 Å². The van der Waals surface area contributed by atoms with Gasteiger partial charge in [-0.05, 0) is 19.3 Å². The molecule has 0 aliphatic carbocycles. The molecule has 0 fully saturated rings. The first-order valence-electron chi connectivity index (χ1n) is 24.0. The molecule has 0 aromatic heterocycles. The summed E-state index contributed by atoms with van der Waals surface area (Å²) in [7, 11) is 0. The van der Waals surface area contributed by atoms with Crippen molar-refractivity contribution in [2.45, 2.75) is 277 Å². The minimum atomic E-state index is -0.758. The molecule has 0 saturated heterocycles. The molecule has 0 N–H and O–H groups in total. The SMILES string of the molecule is CCCCCCCCCCCCCCCC(=O)OC[C@H](COC(=O)CCCCCCCCCCCC)OC(=O)CCCCCCCCCCCCCCC. The van der Waals surface area contributed by atoms with Crippen LogP contribution in [-0.2, 0) is 28.6 Å². The maximum absolute atomic E-state index is 12.7. The zero-order valence-electron chi connectivity index (χ0n) is 36.5. The van der Waals surface area contributed by atoms with Crippen molar-refractivity contribution in [1.82, 2.24) is 0 Å². The first kappa shape index (κ1) is 52.4. The molecule has 0 radical (unpaired) electrons. The fourth-order valence-electron chi connectivity index (χ4n) is 7.21. The van der Waals surface area contributed by atoms with Crippen LogP contribution in [0.3, 0.4) is 0 Å². The van der Waals surface area contributed by atoms with Crippen molar-refractivity contribution < 1.29 is 28.6 Å². The summed E-state index contributed by atoms with van der Waals surface area (Å²) in [5.74, 6) is -0.848. The van der Waals surface area contributed by atoms with Crippen LogP contribution < -0.4 is 0 Å². The summed E-state index contributed by atoms with van der Waals surface area (Å²) in [4.78, 5) is 37.7. The van der Waals surface area contributed by atoms with E-state index in [0.717, 1.165) is 57.8 Å². The van der Waals surface area contributed by atoms with E-state index in [9.17, 15) is 14.4 Å². The van der Waals surface area contributed by atoms with Crippen LogP contribution in [0.1, 0.15) is 271 Å². The zero-order chi connectivity index (χ0) is 39.4. The highest BCUT2D eigenvalue weighted by Gasteiger charge is 2.19. The zero-order valence-corrected chi connectivity index (χ0v) is 36.5. The van der Waals surface area contributed by atoms with Gasteiger partial charge < -0.3 is 14.2 Å². The summed E-state index contributed by atoms with van der Waals surface area (Å²) in [5, 5.41) is 0. The standard InChI is InChI=1S/C48H92O6/c1-4-7-10-13-16-19-22-24-26-29-32-35-38-41-47(50)53-44-45(43-52-46(49)40-37-34-31-28-21-18-15-12-9-6-3)54-48(51)42-39-36-33-30-27-25-23-20-17-14-11-8-5-2/h45H,4-44H2,1-3H3/t45-/m0/s1. The number of hydrogen-bond acceptors (Lipinski definition) is 6. The van der Waals surface area contributed by atoms with Crippen LogP contribution in [0.15, 0.2) is 0 Å². The predicted molar refractivity (Wildman–Crippen MR) is 229 cm³/mol. The Morgan fingerprint density at radius 3 is 0.741 bits per heavy atom.